The van der Waals surface area contributed by atoms with Crippen LogP contribution in [0, 0.1) is 0 Å². The number of nitrogens with zero attached hydrogens (tertiary/aromatic N) is 7. The summed E-state index contributed by atoms with van der Waals surface area (Å²) in [6.45, 7) is 2.57. The first-order valence-electron chi connectivity index (χ1n) is 13.4. The van der Waals surface area contributed by atoms with E-state index in [4.69, 9.17) is 14.6 Å². The van der Waals surface area contributed by atoms with Gasteiger partial charge in [-0.3, -0.25) is 14.6 Å². The van der Waals surface area contributed by atoms with Gasteiger partial charge in [-0.05, 0) is 25.2 Å². The summed E-state index contributed by atoms with van der Waals surface area (Å²) in [6.07, 6.45) is 6.78. The molecule has 1 aromatic carbocycles. The van der Waals surface area contributed by atoms with E-state index in [-0.39, 0.29) is 23.6 Å². The fraction of sp³-hybridized carbons (Fsp3) is 0.286. The number of morpholine rings is 1. The molecular formula is C28H27N9O4S. The van der Waals surface area contributed by atoms with Crippen LogP contribution in [0.5, 0.6) is 5.75 Å². The normalized spacial score (nSPS) is 17.3. The van der Waals surface area contributed by atoms with E-state index >= 15 is 0 Å². The Morgan fingerprint density at radius 1 is 1.26 bits per heavy atom. The molecule has 214 valence electrons. The van der Waals surface area contributed by atoms with Gasteiger partial charge in [-0.25, -0.2) is 14.2 Å². The maximum Gasteiger partial charge on any atom is 0.272 e. The van der Waals surface area contributed by atoms with Gasteiger partial charge in [-0.1, -0.05) is 0 Å². The van der Waals surface area contributed by atoms with Gasteiger partial charge in [0.25, 0.3) is 5.91 Å². The predicted octanol–water partition coefficient (Wildman–Crippen LogP) is 2.24. The molecule has 5 aromatic rings. The van der Waals surface area contributed by atoms with Gasteiger partial charge in [0, 0.05) is 49.2 Å². The van der Waals surface area contributed by atoms with Crippen LogP contribution >= 0.6 is 11.8 Å². The van der Waals surface area contributed by atoms with E-state index in [1.54, 1.807) is 47.0 Å². The fourth-order valence-electron chi connectivity index (χ4n) is 5.22. The van der Waals surface area contributed by atoms with Crippen LogP contribution < -0.4 is 15.4 Å². The van der Waals surface area contributed by atoms with Crippen molar-refractivity contribution in [1.82, 2.24) is 39.6 Å². The highest BCUT2D eigenvalue weighted by atomic mass is 32.2. The van der Waals surface area contributed by atoms with Crippen molar-refractivity contribution < 1.29 is 19.1 Å². The summed E-state index contributed by atoms with van der Waals surface area (Å²) in [6, 6.07) is 7.36. The number of anilines is 1. The monoisotopic (exact) mass is 585 g/mol. The number of benzene rings is 1. The average Bonchev–Trinajstić information content (AvgIpc) is 3.61. The van der Waals surface area contributed by atoms with Crippen molar-refractivity contribution in [2.45, 2.75) is 11.0 Å². The SMILES string of the molecule is COc1cc2c(cc1-n1nc(C(=O)NC[C@H]3CN(C)CCO3)c3cnc(-c4cnn5cccnc45)cc31)SCC(=O)N2. The number of fused-ring (bicyclic) bond motifs is 3. The Hall–Kier alpha value is -4.53. The molecular weight excluding hydrogens is 558 g/mol. The molecule has 1 fully saturated rings. The minimum absolute atomic E-state index is 0.0725. The highest BCUT2D eigenvalue weighted by Crippen LogP contribution is 2.39. The van der Waals surface area contributed by atoms with Crippen LogP contribution in [0.25, 0.3) is 33.5 Å². The molecule has 0 radical (unpaired) electrons. The van der Waals surface area contributed by atoms with Gasteiger partial charge in [0.1, 0.15) is 11.4 Å². The molecule has 1 atom stereocenters. The molecule has 0 aliphatic carbocycles. The Bertz CT molecular complexity index is 1850. The molecule has 42 heavy (non-hydrogen) atoms. The smallest absolute Gasteiger partial charge is 0.272 e. The number of methoxy groups -OCH3 is 1. The number of thioether (sulfide) groups is 1. The first-order valence-corrected chi connectivity index (χ1v) is 14.4. The molecule has 0 spiro atoms. The van der Waals surface area contributed by atoms with Gasteiger partial charge in [0.2, 0.25) is 5.91 Å². The zero-order valence-electron chi connectivity index (χ0n) is 22.9. The molecule has 0 bridgehead atoms. The summed E-state index contributed by atoms with van der Waals surface area (Å²) >= 11 is 1.43. The topological polar surface area (TPSA) is 141 Å². The van der Waals surface area contributed by atoms with Crippen LogP contribution in [-0.2, 0) is 9.53 Å². The first kappa shape index (κ1) is 26.4. The van der Waals surface area contributed by atoms with Crippen molar-refractivity contribution in [3.05, 3.63) is 54.7 Å². The number of hydrogen-bond acceptors (Lipinski definition) is 10. The Morgan fingerprint density at radius 2 is 2.17 bits per heavy atom. The van der Waals surface area contributed by atoms with Gasteiger partial charge < -0.3 is 25.0 Å². The number of amides is 2. The van der Waals surface area contributed by atoms with E-state index < -0.39 is 0 Å². The van der Waals surface area contributed by atoms with Gasteiger partial charge in [-0.2, -0.15) is 10.2 Å². The van der Waals surface area contributed by atoms with Crippen LogP contribution in [0.15, 0.2) is 53.9 Å². The lowest BCUT2D eigenvalue weighted by Crippen LogP contribution is -2.46. The second kappa shape index (κ2) is 10.7. The second-order valence-electron chi connectivity index (χ2n) is 10.1. The lowest BCUT2D eigenvalue weighted by molar-refractivity contribution is -0.113. The number of pyridine rings is 1. The summed E-state index contributed by atoms with van der Waals surface area (Å²) in [7, 11) is 3.59. The standard InChI is InChI=1S/C28H27N9O4S/c1-35-6-7-41-16(14-35)11-31-28(39)26-18-12-30-19(17-13-32-36-5-3-4-29-27(17)36)8-21(18)37(34-26)22-10-24-20(9-23(22)40-2)33-25(38)15-42-24/h3-5,8-10,12-13,16H,6-7,11,14-15H2,1-2H3,(H,31,39)(H,33,38)/t16-/m0/s1. The van der Waals surface area contributed by atoms with Crippen molar-refractivity contribution in [3.63, 3.8) is 0 Å². The predicted molar refractivity (Wildman–Crippen MR) is 156 cm³/mol. The molecule has 2 N–H and O–H groups in total. The van der Waals surface area contributed by atoms with Crippen LogP contribution in [0.3, 0.4) is 0 Å². The number of carbonyl (C=O) groups is 2. The van der Waals surface area contributed by atoms with Gasteiger partial charge in [-0.15, -0.1) is 11.8 Å². The van der Waals surface area contributed by atoms with E-state index in [9.17, 15) is 9.59 Å². The Labute approximate surface area is 244 Å². The van der Waals surface area contributed by atoms with Crippen LogP contribution in [0.2, 0.25) is 0 Å². The molecule has 1 saturated heterocycles. The van der Waals surface area contributed by atoms with Crippen molar-refractivity contribution in [1.29, 1.82) is 0 Å². The van der Waals surface area contributed by atoms with Crippen molar-refractivity contribution >= 4 is 45.8 Å². The van der Waals surface area contributed by atoms with E-state index in [1.807, 2.05) is 25.4 Å². The van der Waals surface area contributed by atoms with Crippen LogP contribution in [0.4, 0.5) is 5.69 Å². The Balaban J connectivity index is 1.34. The van der Waals surface area contributed by atoms with Crippen molar-refractivity contribution in [3.8, 4) is 22.7 Å². The molecule has 14 heteroatoms. The zero-order chi connectivity index (χ0) is 28.8. The van der Waals surface area contributed by atoms with Crippen molar-refractivity contribution in [2.24, 2.45) is 0 Å². The summed E-state index contributed by atoms with van der Waals surface area (Å²) in [5.74, 6) is 0.390. The summed E-state index contributed by atoms with van der Waals surface area (Å²) < 4.78 is 14.9. The molecule has 13 nitrogen and oxygen atoms in total. The minimum Gasteiger partial charge on any atom is -0.494 e. The number of rotatable bonds is 6. The lowest BCUT2D eigenvalue weighted by atomic mass is 10.1. The summed E-state index contributed by atoms with van der Waals surface area (Å²) in [4.78, 5) is 37.8. The maximum atomic E-state index is 13.5. The Kier molecular flexibility index (Phi) is 6.72. The molecule has 0 saturated carbocycles. The minimum atomic E-state index is -0.332. The summed E-state index contributed by atoms with van der Waals surface area (Å²) in [5, 5.41) is 15.7. The fourth-order valence-corrected chi connectivity index (χ4v) is 6.04. The summed E-state index contributed by atoms with van der Waals surface area (Å²) in [5.41, 5.74) is 4.19. The third-order valence-corrected chi connectivity index (χ3v) is 8.37. The molecule has 7 rings (SSSR count). The zero-order valence-corrected chi connectivity index (χ0v) is 23.7. The van der Waals surface area contributed by atoms with Gasteiger partial charge in [0.05, 0.1) is 59.6 Å². The molecule has 2 aliphatic rings. The quantitative estimate of drug-likeness (QED) is 0.305. The van der Waals surface area contributed by atoms with E-state index in [0.29, 0.717) is 58.3 Å². The van der Waals surface area contributed by atoms with Gasteiger partial charge in [0.15, 0.2) is 11.3 Å². The third kappa shape index (κ3) is 4.72. The third-order valence-electron chi connectivity index (χ3n) is 7.31. The van der Waals surface area contributed by atoms with E-state index in [2.05, 4.69) is 30.6 Å². The number of carbonyl (C=O) groups excluding carboxylic acids is 2. The van der Waals surface area contributed by atoms with Gasteiger partial charge >= 0.3 is 0 Å². The number of aromatic nitrogens is 6. The lowest BCUT2D eigenvalue weighted by Gasteiger charge is -2.29. The first-order chi connectivity index (χ1) is 20.5. The molecule has 0 unspecified atom stereocenters. The molecule has 2 amide bonds. The van der Waals surface area contributed by atoms with E-state index in [1.165, 1.54) is 11.8 Å². The Morgan fingerprint density at radius 3 is 3.02 bits per heavy atom. The van der Waals surface area contributed by atoms with Crippen molar-refractivity contribution in [2.75, 3.05) is 51.5 Å². The number of likely N-dealkylation sites (N-methyl/N-ethyl adjacent to an activating group) is 1. The van der Waals surface area contributed by atoms with E-state index in [0.717, 1.165) is 23.5 Å². The van der Waals surface area contributed by atoms with Crippen LogP contribution in [-0.4, -0.2) is 98.3 Å². The number of nitrogens with one attached hydrogen (secondary N) is 2. The second-order valence-corrected chi connectivity index (χ2v) is 11.1. The van der Waals surface area contributed by atoms with Crippen LogP contribution in [0.1, 0.15) is 10.5 Å². The largest absolute Gasteiger partial charge is 0.494 e. The number of ether oxygens (including phenoxy) is 2. The molecule has 2 aliphatic heterocycles. The highest BCUT2D eigenvalue weighted by molar-refractivity contribution is 8.00. The maximum absolute atomic E-state index is 13.5. The molecule has 4 aromatic heterocycles. The average molecular weight is 586 g/mol. The molecule has 6 heterocycles. The number of hydrogen-bond donors (Lipinski definition) is 2. The highest BCUT2D eigenvalue weighted by Gasteiger charge is 2.26.